The van der Waals surface area contributed by atoms with Gasteiger partial charge in [-0.05, 0) is 43.1 Å². The molecule has 1 aliphatic heterocycles. The van der Waals surface area contributed by atoms with E-state index in [9.17, 15) is 8.78 Å². The largest absolute Gasteiger partial charge is 0.314 e. The summed E-state index contributed by atoms with van der Waals surface area (Å²) in [6.07, 6.45) is 1.11. The van der Waals surface area contributed by atoms with Gasteiger partial charge >= 0.3 is 0 Å². The molecule has 0 amide bonds. The van der Waals surface area contributed by atoms with Gasteiger partial charge in [0.25, 0.3) is 0 Å². The van der Waals surface area contributed by atoms with Gasteiger partial charge in [-0.1, -0.05) is 19.9 Å². The molecule has 1 saturated heterocycles. The average molecular weight is 268 g/mol. The fourth-order valence-electron chi connectivity index (χ4n) is 2.84. The minimum Gasteiger partial charge on any atom is -0.314 e. The second-order valence-corrected chi connectivity index (χ2v) is 5.41. The molecule has 106 valence electrons. The van der Waals surface area contributed by atoms with E-state index in [1.807, 2.05) is 0 Å². The molecule has 19 heavy (non-hydrogen) atoms. The third-order valence-corrected chi connectivity index (χ3v) is 3.85. The van der Waals surface area contributed by atoms with Gasteiger partial charge in [-0.25, -0.2) is 8.78 Å². The fourth-order valence-corrected chi connectivity index (χ4v) is 2.84. The summed E-state index contributed by atoms with van der Waals surface area (Å²) in [4.78, 5) is 2.31. The molecule has 1 aromatic carbocycles. The normalized spacial score (nSPS) is 24.6. The molecule has 1 fully saturated rings. The van der Waals surface area contributed by atoms with E-state index in [4.69, 9.17) is 0 Å². The molecular formula is C15H22F2N2. The molecule has 2 rings (SSSR count). The Hall–Kier alpha value is -1.00. The zero-order valence-electron chi connectivity index (χ0n) is 11.6. The van der Waals surface area contributed by atoms with E-state index in [0.29, 0.717) is 18.5 Å². The number of nitrogens with zero attached hydrogens (tertiary/aromatic N) is 1. The van der Waals surface area contributed by atoms with Crippen LogP contribution in [0.25, 0.3) is 0 Å². The lowest BCUT2D eigenvalue weighted by atomic mass is 9.93. The minimum atomic E-state index is -0.775. The second kappa shape index (κ2) is 6.44. The van der Waals surface area contributed by atoms with Crippen LogP contribution < -0.4 is 5.32 Å². The first-order valence-corrected chi connectivity index (χ1v) is 6.99. The Kier molecular flexibility index (Phi) is 4.88. The number of hydrogen-bond acceptors (Lipinski definition) is 2. The third-order valence-electron chi connectivity index (χ3n) is 3.85. The van der Waals surface area contributed by atoms with Crippen LogP contribution in [0.15, 0.2) is 18.2 Å². The van der Waals surface area contributed by atoms with Crippen LogP contribution in [0, 0.1) is 17.6 Å². The summed E-state index contributed by atoms with van der Waals surface area (Å²) < 4.78 is 26.0. The highest BCUT2D eigenvalue weighted by molar-refractivity contribution is 5.17. The minimum absolute atomic E-state index is 0.575. The topological polar surface area (TPSA) is 15.3 Å². The summed E-state index contributed by atoms with van der Waals surface area (Å²) in [5, 5.41) is 3.50. The highest BCUT2D eigenvalue weighted by Crippen LogP contribution is 2.19. The van der Waals surface area contributed by atoms with Crippen molar-refractivity contribution in [3.8, 4) is 0 Å². The lowest BCUT2D eigenvalue weighted by Gasteiger charge is -2.37. The molecule has 2 unspecified atom stereocenters. The van der Waals surface area contributed by atoms with Crippen molar-refractivity contribution in [3.05, 3.63) is 35.4 Å². The van der Waals surface area contributed by atoms with E-state index in [0.717, 1.165) is 31.6 Å². The SMILES string of the molecule is CCNC1CCN(Cc2ccc(F)c(F)c2)CC1C. The molecule has 1 heterocycles. The van der Waals surface area contributed by atoms with Crippen LogP contribution in [0.2, 0.25) is 0 Å². The highest BCUT2D eigenvalue weighted by atomic mass is 19.2. The molecule has 1 aliphatic rings. The van der Waals surface area contributed by atoms with Gasteiger partial charge in [0.2, 0.25) is 0 Å². The zero-order chi connectivity index (χ0) is 13.8. The second-order valence-electron chi connectivity index (χ2n) is 5.41. The maximum absolute atomic E-state index is 13.2. The van der Waals surface area contributed by atoms with Gasteiger partial charge in [-0.15, -0.1) is 0 Å². The van der Waals surface area contributed by atoms with Crippen molar-refractivity contribution < 1.29 is 8.78 Å². The Labute approximate surface area is 113 Å². The number of benzene rings is 1. The molecule has 4 heteroatoms. The van der Waals surface area contributed by atoms with Crippen LogP contribution in [0.1, 0.15) is 25.8 Å². The number of piperidine rings is 1. The molecule has 0 radical (unpaired) electrons. The van der Waals surface area contributed by atoms with E-state index in [-0.39, 0.29) is 0 Å². The summed E-state index contributed by atoms with van der Waals surface area (Å²) in [5.74, 6) is -0.949. The van der Waals surface area contributed by atoms with Gasteiger partial charge < -0.3 is 5.32 Å². The van der Waals surface area contributed by atoms with Crippen molar-refractivity contribution in [1.82, 2.24) is 10.2 Å². The van der Waals surface area contributed by atoms with E-state index in [1.165, 1.54) is 12.1 Å². The molecule has 1 aromatic rings. The number of rotatable bonds is 4. The van der Waals surface area contributed by atoms with Crippen molar-refractivity contribution in [2.24, 2.45) is 5.92 Å². The van der Waals surface area contributed by atoms with Gasteiger partial charge in [0, 0.05) is 19.1 Å². The predicted octanol–water partition coefficient (Wildman–Crippen LogP) is 2.78. The van der Waals surface area contributed by atoms with E-state index in [1.54, 1.807) is 6.07 Å². The van der Waals surface area contributed by atoms with Crippen molar-refractivity contribution >= 4 is 0 Å². The number of nitrogens with one attached hydrogen (secondary N) is 1. The summed E-state index contributed by atoms with van der Waals surface area (Å²) in [6.45, 7) is 8.06. The molecule has 0 spiro atoms. The van der Waals surface area contributed by atoms with Crippen molar-refractivity contribution in [2.75, 3.05) is 19.6 Å². The quantitative estimate of drug-likeness (QED) is 0.903. The maximum atomic E-state index is 13.2. The van der Waals surface area contributed by atoms with Gasteiger partial charge in [0.05, 0.1) is 0 Å². The van der Waals surface area contributed by atoms with Gasteiger partial charge in [-0.3, -0.25) is 4.90 Å². The van der Waals surface area contributed by atoms with Crippen molar-refractivity contribution in [3.63, 3.8) is 0 Å². The first kappa shape index (κ1) is 14.4. The Morgan fingerprint density at radius 1 is 1.32 bits per heavy atom. The first-order valence-electron chi connectivity index (χ1n) is 6.99. The van der Waals surface area contributed by atoms with Crippen LogP contribution in [0.4, 0.5) is 8.78 Å². The first-order chi connectivity index (χ1) is 9.10. The zero-order valence-corrected chi connectivity index (χ0v) is 11.6. The molecule has 0 bridgehead atoms. The fraction of sp³-hybridized carbons (Fsp3) is 0.600. The van der Waals surface area contributed by atoms with Gasteiger partial charge in [0.15, 0.2) is 11.6 Å². The summed E-state index contributed by atoms with van der Waals surface area (Å²) in [5.41, 5.74) is 0.841. The smallest absolute Gasteiger partial charge is 0.159 e. The van der Waals surface area contributed by atoms with Crippen LogP contribution in [0.5, 0.6) is 0 Å². The van der Waals surface area contributed by atoms with E-state index in [2.05, 4.69) is 24.1 Å². The molecule has 0 aromatic heterocycles. The van der Waals surface area contributed by atoms with Crippen LogP contribution in [-0.4, -0.2) is 30.6 Å². The molecular weight excluding hydrogens is 246 g/mol. The van der Waals surface area contributed by atoms with E-state index >= 15 is 0 Å². The monoisotopic (exact) mass is 268 g/mol. The maximum Gasteiger partial charge on any atom is 0.159 e. The number of halogens is 2. The molecule has 1 N–H and O–H groups in total. The van der Waals surface area contributed by atoms with Gasteiger partial charge in [0.1, 0.15) is 0 Å². The number of likely N-dealkylation sites (tertiary alicyclic amines) is 1. The van der Waals surface area contributed by atoms with Crippen LogP contribution in [-0.2, 0) is 6.54 Å². The molecule has 2 atom stereocenters. The Balaban J connectivity index is 1.92. The Morgan fingerprint density at radius 2 is 2.11 bits per heavy atom. The summed E-state index contributed by atoms with van der Waals surface area (Å²) in [6, 6.07) is 4.75. The number of hydrogen-bond donors (Lipinski definition) is 1. The highest BCUT2D eigenvalue weighted by Gasteiger charge is 2.25. The molecule has 0 saturated carbocycles. The third kappa shape index (κ3) is 3.74. The molecule has 0 aliphatic carbocycles. The summed E-state index contributed by atoms with van der Waals surface area (Å²) in [7, 11) is 0. The Morgan fingerprint density at radius 3 is 2.74 bits per heavy atom. The average Bonchev–Trinajstić information content (AvgIpc) is 2.37. The predicted molar refractivity (Wildman–Crippen MR) is 72.9 cm³/mol. The Bertz CT molecular complexity index is 423. The van der Waals surface area contributed by atoms with Crippen molar-refractivity contribution in [2.45, 2.75) is 32.9 Å². The standard InChI is InChI=1S/C15H22F2N2/c1-3-18-15-6-7-19(9-11(15)2)10-12-4-5-13(16)14(17)8-12/h4-5,8,11,15,18H,3,6-7,9-10H2,1-2H3. The summed E-state index contributed by atoms with van der Waals surface area (Å²) >= 11 is 0. The van der Waals surface area contributed by atoms with E-state index < -0.39 is 11.6 Å². The lowest BCUT2D eigenvalue weighted by molar-refractivity contribution is 0.142. The van der Waals surface area contributed by atoms with Gasteiger partial charge in [-0.2, -0.15) is 0 Å². The van der Waals surface area contributed by atoms with Crippen molar-refractivity contribution in [1.29, 1.82) is 0 Å². The molecule has 2 nitrogen and oxygen atoms in total. The van der Waals surface area contributed by atoms with Crippen LogP contribution >= 0.6 is 0 Å². The lowest BCUT2D eigenvalue weighted by Crippen LogP contribution is -2.47. The van der Waals surface area contributed by atoms with Crippen LogP contribution in [0.3, 0.4) is 0 Å².